The Balaban J connectivity index is 1.60. The number of furan rings is 1. The zero-order valence-corrected chi connectivity index (χ0v) is 13.8. The molecule has 1 aromatic carbocycles. The number of alkyl halides is 3. The number of carbonyl (C=O) groups is 1. The number of halogens is 3. The second-order valence-electron chi connectivity index (χ2n) is 6.24. The van der Waals surface area contributed by atoms with Gasteiger partial charge in [0, 0.05) is 25.6 Å². The van der Waals surface area contributed by atoms with E-state index in [0.29, 0.717) is 5.56 Å². The number of nitrogens with one attached hydrogen (secondary N) is 1. The van der Waals surface area contributed by atoms with E-state index in [1.807, 2.05) is 6.07 Å². The molecular weight excluding hydrogens is 333 g/mol. The van der Waals surface area contributed by atoms with Gasteiger partial charge in [-0.25, -0.2) is 4.79 Å². The van der Waals surface area contributed by atoms with Gasteiger partial charge >= 0.3 is 12.2 Å². The molecule has 4 nitrogen and oxygen atoms in total. The van der Waals surface area contributed by atoms with Crippen molar-refractivity contribution in [3.8, 4) is 0 Å². The second-order valence-corrected chi connectivity index (χ2v) is 6.24. The van der Waals surface area contributed by atoms with Crippen LogP contribution in [-0.2, 0) is 19.1 Å². The Labute approximate surface area is 143 Å². The summed E-state index contributed by atoms with van der Waals surface area (Å²) in [6.07, 6.45) is -0.0806. The van der Waals surface area contributed by atoms with E-state index in [4.69, 9.17) is 4.42 Å². The number of amides is 2. The van der Waals surface area contributed by atoms with Crippen molar-refractivity contribution in [2.45, 2.75) is 38.0 Å². The minimum atomic E-state index is -4.36. The van der Waals surface area contributed by atoms with Crippen molar-refractivity contribution >= 4 is 6.03 Å². The van der Waals surface area contributed by atoms with Gasteiger partial charge in [-0.15, -0.1) is 0 Å². The first-order chi connectivity index (χ1) is 11.8. The fraction of sp³-hybridized carbons (Fsp3) is 0.389. The predicted octanol–water partition coefficient (Wildman–Crippen LogP) is 4.52. The fourth-order valence-corrected chi connectivity index (χ4v) is 3.04. The van der Waals surface area contributed by atoms with E-state index in [2.05, 4.69) is 5.32 Å². The molecule has 3 rings (SSSR count). The second kappa shape index (κ2) is 6.82. The molecule has 25 heavy (non-hydrogen) atoms. The summed E-state index contributed by atoms with van der Waals surface area (Å²) in [5.74, 6) is 0.905. The Morgan fingerprint density at radius 3 is 2.68 bits per heavy atom. The predicted molar refractivity (Wildman–Crippen MR) is 85.8 cm³/mol. The smallest absolute Gasteiger partial charge is 0.416 e. The zero-order chi connectivity index (χ0) is 18.0. The van der Waals surface area contributed by atoms with Crippen molar-refractivity contribution in [2.24, 2.45) is 0 Å². The van der Waals surface area contributed by atoms with E-state index in [9.17, 15) is 18.0 Å². The highest BCUT2D eigenvalue weighted by Crippen LogP contribution is 2.31. The topological polar surface area (TPSA) is 45.5 Å². The molecule has 1 aliphatic carbocycles. The first kappa shape index (κ1) is 17.4. The Morgan fingerprint density at radius 1 is 1.28 bits per heavy atom. The molecule has 7 heteroatoms. The molecule has 0 fully saturated rings. The molecule has 1 atom stereocenters. The van der Waals surface area contributed by atoms with Gasteiger partial charge in [0.05, 0.1) is 17.9 Å². The highest BCUT2D eigenvalue weighted by atomic mass is 19.4. The fourth-order valence-electron chi connectivity index (χ4n) is 3.04. The molecular formula is C18H19F3N2O2. The van der Waals surface area contributed by atoms with Crippen LogP contribution in [0.1, 0.15) is 41.3 Å². The number of nitrogens with zero attached hydrogens (tertiary/aromatic N) is 1. The number of aryl methyl sites for hydroxylation is 1. The van der Waals surface area contributed by atoms with E-state index in [1.54, 1.807) is 13.3 Å². The maximum atomic E-state index is 12.6. The Hall–Kier alpha value is -2.44. The summed E-state index contributed by atoms with van der Waals surface area (Å²) in [7, 11) is 1.62. The Morgan fingerprint density at radius 2 is 2.00 bits per heavy atom. The summed E-state index contributed by atoms with van der Waals surface area (Å²) < 4.78 is 43.2. The first-order valence-electron chi connectivity index (χ1n) is 8.08. The maximum absolute atomic E-state index is 12.6. The van der Waals surface area contributed by atoms with E-state index in [-0.39, 0.29) is 18.6 Å². The molecule has 2 amide bonds. The van der Waals surface area contributed by atoms with Crippen molar-refractivity contribution in [2.75, 3.05) is 7.05 Å². The van der Waals surface area contributed by atoms with Crippen LogP contribution in [0.15, 0.2) is 41.0 Å². The Bertz CT molecular complexity index is 738. The van der Waals surface area contributed by atoms with E-state index < -0.39 is 11.7 Å². The quantitative estimate of drug-likeness (QED) is 0.883. The number of hydrogen-bond acceptors (Lipinski definition) is 2. The van der Waals surface area contributed by atoms with Gasteiger partial charge in [0.25, 0.3) is 0 Å². The van der Waals surface area contributed by atoms with Crippen molar-refractivity contribution < 1.29 is 22.4 Å². The summed E-state index contributed by atoms with van der Waals surface area (Å²) >= 11 is 0. The third kappa shape index (κ3) is 3.97. The monoisotopic (exact) mass is 352 g/mol. The molecule has 1 unspecified atom stereocenters. The van der Waals surface area contributed by atoms with E-state index in [0.717, 1.165) is 42.7 Å². The van der Waals surface area contributed by atoms with Gasteiger partial charge in [0.15, 0.2) is 0 Å². The van der Waals surface area contributed by atoms with E-state index in [1.165, 1.54) is 17.0 Å². The average molecular weight is 352 g/mol. The summed E-state index contributed by atoms with van der Waals surface area (Å²) in [5, 5.41) is 2.96. The van der Waals surface area contributed by atoms with E-state index >= 15 is 0 Å². The lowest BCUT2D eigenvalue weighted by atomic mass is 9.93. The largest absolute Gasteiger partial charge is 0.469 e. The van der Waals surface area contributed by atoms with Gasteiger partial charge in [-0.1, -0.05) is 12.1 Å². The van der Waals surface area contributed by atoms with Crippen LogP contribution in [0.3, 0.4) is 0 Å². The lowest BCUT2D eigenvalue weighted by Gasteiger charge is -2.26. The molecule has 0 radical (unpaired) electrons. The minimum absolute atomic E-state index is 0.0925. The van der Waals surface area contributed by atoms with Gasteiger partial charge in [0.2, 0.25) is 0 Å². The molecule has 0 aliphatic heterocycles. The Kier molecular flexibility index (Phi) is 4.74. The molecule has 0 bridgehead atoms. The van der Waals surface area contributed by atoms with Gasteiger partial charge < -0.3 is 14.6 Å². The molecule has 1 aliphatic rings. The lowest BCUT2D eigenvalue weighted by Crippen LogP contribution is -2.39. The highest BCUT2D eigenvalue weighted by Gasteiger charge is 2.30. The van der Waals surface area contributed by atoms with Crippen LogP contribution in [0.25, 0.3) is 0 Å². The molecule has 1 aromatic heterocycles. The molecule has 0 saturated heterocycles. The van der Waals surface area contributed by atoms with Crippen LogP contribution in [0.4, 0.5) is 18.0 Å². The van der Waals surface area contributed by atoms with Crippen molar-refractivity contribution in [1.82, 2.24) is 10.2 Å². The number of fused-ring (bicyclic) bond motifs is 1. The van der Waals surface area contributed by atoms with Crippen LogP contribution in [0.2, 0.25) is 0 Å². The third-order valence-corrected chi connectivity index (χ3v) is 4.40. The van der Waals surface area contributed by atoms with Gasteiger partial charge in [0.1, 0.15) is 5.76 Å². The molecule has 0 saturated carbocycles. The SMILES string of the molecule is CN(Cc1ccc(C(F)(F)F)cc1)C(=O)NC1CCCc2occc21. The number of benzene rings is 1. The average Bonchev–Trinajstić information content (AvgIpc) is 3.04. The normalized spacial score (nSPS) is 17.0. The molecule has 134 valence electrons. The highest BCUT2D eigenvalue weighted by molar-refractivity contribution is 5.74. The first-order valence-corrected chi connectivity index (χ1v) is 8.08. The van der Waals surface area contributed by atoms with Gasteiger partial charge in [-0.3, -0.25) is 0 Å². The summed E-state index contributed by atoms with van der Waals surface area (Å²) in [6, 6.07) is 6.35. The zero-order valence-electron chi connectivity index (χ0n) is 13.8. The van der Waals surface area contributed by atoms with Gasteiger partial charge in [-0.2, -0.15) is 13.2 Å². The van der Waals surface area contributed by atoms with Gasteiger partial charge in [-0.05, 0) is 36.6 Å². The number of rotatable bonds is 3. The maximum Gasteiger partial charge on any atom is 0.416 e. The summed E-state index contributed by atoms with van der Waals surface area (Å²) in [4.78, 5) is 13.8. The van der Waals surface area contributed by atoms with Crippen LogP contribution in [-0.4, -0.2) is 18.0 Å². The van der Waals surface area contributed by atoms with Crippen LogP contribution in [0.5, 0.6) is 0 Å². The van der Waals surface area contributed by atoms with Crippen LogP contribution in [0, 0.1) is 0 Å². The van der Waals surface area contributed by atoms with Crippen LogP contribution >= 0.6 is 0 Å². The molecule has 0 spiro atoms. The molecule has 1 heterocycles. The number of hydrogen-bond donors (Lipinski definition) is 1. The van der Waals surface area contributed by atoms with Crippen molar-refractivity contribution in [3.63, 3.8) is 0 Å². The molecule has 2 aromatic rings. The minimum Gasteiger partial charge on any atom is -0.469 e. The summed E-state index contributed by atoms with van der Waals surface area (Å²) in [5.41, 5.74) is 0.943. The standard InChI is InChI=1S/C18H19F3N2O2/c1-23(11-12-5-7-13(8-6-12)18(19,20)21)17(24)22-15-3-2-4-16-14(15)9-10-25-16/h5-10,15H,2-4,11H2,1H3,(H,22,24). The van der Waals surface area contributed by atoms with Crippen molar-refractivity contribution in [1.29, 1.82) is 0 Å². The third-order valence-electron chi connectivity index (χ3n) is 4.40. The summed E-state index contributed by atoms with van der Waals surface area (Å²) in [6.45, 7) is 0.231. The number of urea groups is 1. The van der Waals surface area contributed by atoms with Crippen LogP contribution < -0.4 is 5.32 Å². The molecule has 1 N–H and O–H groups in total. The number of carbonyl (C=O) groups excluding carboxylic acids is 1. The van der Waals surface area contributed by atoms with Crippen molar-refractivity contribution in [3.05, 3.63) is 59.0 Å². The lowest BCUT2D eigenvalue weighted by molar-refractivity contribution is -0.137.